The molecule has 1 amide bonds. The molecule has 166 valence electrons. The number of carbonyl (C=O) groups is 1. The zero-order chi connectivity index (χ0) is 23.6. The highest BCUT2D eigenvalue weighted by Crippen LogP contribution is 2.55. The Morgan fingerprint density at radius 3 is 2.26 bits per heavy atom. The van der Waals surface area contributed by atoms with Crippen molar-refractivity contribution in [3.05, 3.63) is 52.1 Å². The quantitative estimate of drug-likeness (QED) is 0.680. The van der Waals surface area contributed by atoms with Gasteiger partial charge in [0.1, 0.15) is 23.6 Å². The molecule has 1 aliphatic carbocycles. The predicted octanol–water partition coefficient (Wildman–Crippen LogP) is 5.42. The Morgan fingerprint density at radius 2 is 1.84 bits per heavy atom. The average Bonchev–Trinajstić information content (AvgIpc) is 2.68. The molecule has 0 atom stereocenters. The number of nitriles is 1. The van der Waals surface area contributed by atoms with Crippen molar-refractivity contribution in [2.75, 3.05) is 0 Å². The number of nitrogens with two attached hydrogens (primary N) is 1. The first kappa shape index (κ1) is 24.6. The molecule has 0 saturated heterocycles. The first-order valence-corrected chi connectivity index (χ1v) is 10.7. The van der Waals surface area contributed by atoms with Gasteiger partial charge in [0.25, 0.3) is 5.91 Å². The molecule has 3 rings (SSSR count). The molecule has 0 radical (unpaired) electrons. The molecule has 1 aromatic carbocycles. The number of hydrogen-bond donors (Lipinski definition) is 1. The van der Waals surface area contributed by atoms with Gasteiger partial charge in [-0.25, -0.2) is 4.98 Å². The molecule has 1 aromatic heterocycles. The lowest BCUT2D eigenvalue weighted by Gasteiger charge is -2.56. The van der Waals surface area contributed by atoms with Crippen LogP contribution in [0.4, 0.5) is 0 Å². The maximum absolute atomic E-state index is 10.6. The van der Waals surface area contributed by atoms with Gasteiger partial charge in [-0.15, -0.1) is 0 Å². The van der Waals surface area contributed by atoms with Gasteiger partial charge in [0.2, 0.25) is 0 Å². The normalized spacial score (nSPS) is 16.5. The van der Waals surface area contributed by atoms with Crippen molar-refractivity contribution in [3.8, 4) is 11.8 Å². The van der Waals surface area contributed by atoms with Crippen LogP contribution in [0.3, 0.4) is 0 Å². The van der Waals surface area contributed by atoms with Crippen molar-refractivity contribution in [2.45, 2.75) is 66.9 Å². The van der Waals surface area contributed by atoms with E-state index in [2.05, 4.69) is 43.7 Å². The van der Waals surface area contributed by atoms with Gasteiger partial charge in [-0.3, -0.25) is 9.78 Å². The van der Waals surface area contributed by atoms with Crippen molar-refractivity contribution in [3.63, 3.8) is 0 Å². The molecule has 6 nitrogen and oxygen atoms in total. The number of primary amides is 1. The molecule has 31 heavy (non-hydrogen) atoms. The number of nitrogens with zero attached hydrogens (tertiary/aromatic N) is 3. The summed E-state index contributed by atoms with van der Waals surface area (Å²) in [6, 6.07) is 5.67. The van der Waals surface area contributed by atoms with Gasteiger partial charge in [0, 0.05) is 22.6 Å². The van der Waals surface area contributed by atoms with Crippen LogP contribution in [0.2, 0.25) is 5.02 Å². The smallest absolute Gasteiger partial charge is 0.268 e. The first-order chi connectivity index (χ1) is 14.3. The van der Waals surface area contributed by atoms with Crippen LogP contribution in [0.1, 0.15) is 81.2 Å². The summed E-state index contributed by atoms with van der Waals surface area (Å²) in [4.78, 5) is 18.5. The second kappa shape index (κ2) is 9.23. The zero-order valence-corrected chi connectivity index (χ0v) is 20.0. The molecule has 0 bridgehead atoms. The fourth-order valence-corrected chi connectivity index (χ4v) is 4.58. The van der Waals surface area contributed by atoms with Crippen LogP contribution in [0.15, 0.2) is 24.5 Å². The van der Waals surface area contributed by atoms with Crippen LogP contribution in [0, 0.1) is 29.1 Å². The molecule has 1 heterocycles. The van der Waals surface area contributed by atoms with E-state index < -0.39 is 5.91 Å². The predicted molar refractivity (Wildman–Crippen MR) is 122 cm³/mol. The molecule has 2 N–H and O–H groups in total. The lowest BCUT2D eigenvalue weighted by atomic mass is 9.53. The van der Waals surface area contributed by atoms with E-state index in [4.69, 9.17) is 27.3 Å². The molecule has 0 unspecified atom stereocenters. The van der Waals surface area contributed by atoms with E-state index in [1.165, 1.54) is 6.20 Å². The Labute approximate surface area is 189 Å². The van der Waals surface area contributed by atoms with Crippen LogP contribution in [-0.4, -0.2) is 22.0 Å². The lowest BCUT2D eigenvalue weighted by molar-refractivity contribution is -0.134. The topological polar surface area (TPSA) is 102 Å². The summed E-state index contributed by atoms with van der Waals surface area (Å²) in [5.41, 5.74) is 7.77. The fraction of sp³-hybridized carbons (Fsp3) is 0.500. The highest BCUT2D eigenvalue weighted by Gasteiger charge is 2.55. The number of aromatic nitrogens is 2. The molecule has 1 aliphatic rings. The Kier molecular flexibility index (Phi) is 7.33. The van der Waals surface area contributed by atoms with E-state index in [-0.39, 0.29) is 22.6 Å². The van der Waals surface area contributed by atoms with E-state index in [0.29, 0.717) is 16.5 Å². The number of rotatable bonds is 4. The van der Waals surface area contributed by atoms with Gasteiger partial charge in [-0.05, 0) is 31.4 Å². The van der Waals surface area contributed by atoms with Crippen molar-refractivity contribution in [1.29, 1.82) is 5.26 Å². The van der Waals surface area contributed by atoms with E-state index in [1.807, 2.05) is 26.8 Å². The lowest BCUT2D eigenvalue weighted by Crippen LogP contribution is -2.58. The van der Waals surface area contributed by atoms with Crippen molar-refractivity contribution in [2.24, 2.45) is 16.6 Å². The molecule has 2 aromatic rings. The minimum atomic E-state index is -0.544. The highest BCUT2D eigenvalue weighted by atomic mass is 35.5. The minimum Gasteiger partial charge on any atom is -0.489 e. The van der Waals surface area contributed by atoms with Crippen LogP contribution in [0.25, 0.3) is 0 Å². The van der Waals surface area contributed by atoms with E-state index in [9.17, 15) is 4.79 Å². The Hall–Kier alpha value is -2.65. The second-order valence-electron chi connectivity index (χ2n) is 9.66. The molecule has 0 spiro atoms. The first-order valence-electron chi connectivity index (χ1n) is 10.3. The summed E-state index contributed by atoms with van der Waals surface area (Å²) < 4.78 is 6.20. The van der Waals surface area contributed by atoms with Crippen LogP contribution < -0.4 is 10.5 Å². The summed E-state index contributed by atoms with van der Waals surface area (Å²) in [5, 5.41) is 9.46. The van der Waals surface area contributed by atoms with Crippen molar-refractivity contribution in [1.82, 2.24) is 9.97 Å². The number of hydrogen-bond acceptors (Lipinski definition) is 5. The van der Waals surface area contributed by atoms with Gasteiger partial charge in [-0.1, -0.05) is 53.1 Å². The highest BCUT2D eigenvalue weighted by molar-refractivity contribution is 6.32. The molecular weight excluding hydrogens is 412 g/mol. The Morgan fingerprint density at radius 1 is 1.23 bits per heavy atom. The number of ether oxygens (including phenoxy) is 1. The Balaban J connectivity index is 0.000000245. The molecular formula is C24H31ClN4O2. The summed E-state index contributed by atoms with van der Waals surface area (Å²) >= 11 is 6.18. The third-order valence-electron chi connectivity index (χ3n) is 5.55. The molecule has 1 fully saturated rings. The summed E-state index contributed by atoms with van der Waals surface area (Å²) in [5.74, 6) is 0.562. The van der Waals surface area contributed by atoms with E-state index >= 15 is 0 Å². The number of benzene rings is 1. The largest absolute Gasteiger partial charge is 0.489 e. The summed E-state index contributed by atoms with van der Waals surface area (Å²) in [7, 11) is 0. The molecule has 7 heteroatoms. The van der Waals surface area contributed by atoms with Gasteiger partial charge in [-0.2, -0.15) is 5.26 Å². The van der Waals surface area contributed by atoms with Crippen LogP contribution in [-0.2, 0) is 0 Å². The van der Waals surface area contributed by atoms with Crippen LogP contribution >= 0.6 is 11.6 Å². The van der Waals surface area contributed by atoms with E-state index in [0.717, 1.165) is 23.4 Å². The van der Waals surface area contributed by atoms with Crippen molar-refractivity contribution >= 4 is 17.5 Å². The standard InChI is InChI=1S/C16H20ClNO.C8H11N3O/c1-10-12(7-6-11(8-18)13(10)17)19-14-15(2,3)9-16(14,4)5;1-5(2)6-3-11-7(4-10-6)8(9)12/h6-7,14H,9H2,1-5H3;3-5H,1-2H3,(H2,9,12). The van der Waals surface area contributed by atoms with Crippen LogP contribution in [0.5, 0.6) is 5.75 Å². The molecule has 1 saturated carbocycles. The Bertz CT molecular complexity index is 978. The molecule has 0 aliphatic heterocycles. The average molecular weight is 443 g/mol. The third-order valence-corrected chi connectivity index (χ3v) is 6.04. The SMILES string of the molecule is CC(C)c1cnc(C(N)=O)cn1.Cc1c(OC2C(C)(C)CC2(C)C)ccc(C#N)c1Cl. The summed E-state index contributed by atoms with van der Waals surface area (Å²) in [6.45, 7) is 14.8. The van der Waals surface area contributed by atoms with Gasteiger partial charge < -0.3 is 10.5 Å². The maximum atomic E-state index is 10.6. The zero-order valence-electron chi connectivity index (χ0n) is 19.3. The van der Waals surface area contributed by atoms with Crippen molar-refractivity contribution < 1.29 is 9.53 Å². The number of amides is 1. The third kappa shape index (κ3) is 5.54. The fourth-order valence-electron chi connectivity index (χ4n) is 4.38. The monoisotopic (exact) mass is 442 g/mol. The van der Waals surface area contributed by atoms with E-state index in [1.54, 1.807) is 12.3 Å². The maximum Gasteiger partial charge on any atom is 0.268 e. The number of halogens is 1. The second-order valence-corrected chi connectivity index (χ2v) is 10.0. The van der Waals surface area contributed by atoms with Gasteiger partial charge in [0.15, 0.2) is 0 Å². The van der Waals surface area contributed by atoms with Gasteiger partial charge >= 0.3 is 0 Å². The minimum absolute atomic E-state index is 0.169. The summed E-state index contributed by atoms with van der Waals surface area (Å²) in [6.07, 6.45) is 4.29. The number of carbonyl (C=O) groups excluding carboxylic acids is 1. The van der Waals surface area contributed by atoms with Gasteiger partial charge in [0.05, 0.1) is 22.5 Å².